The van der Waals surface area contributed by atoms with Gasteiger partial charge in [0, 0.05) is 11.3 Å². The van der Waals surface area contributed by atoms with E-state index in [1.54, 1.807) is 0 Å². The van der Waals surface area contributed by atoms with Crippen LogP contribution < -0.4 is 5.32 Å². The van der Waals surface area contributed by atoms with Gasteiger partial charge in [-0.15, -0.1) is 0 Å². The molecule has 1 saturated carbocycles. The van der Waals surface area contributed by atoms with Gasteiger partial charge < -0.3 is 5.32 Å². The molecule has 0 amide bonds. The molecule has 98 valence electrons. The molecule has 2 aliphatic rings. The molecule has 1 heterocycles. The third kappa shape index (κ3) is 2.28. The maximum Gasteiger partial charge on any atom is 0.413 e. The minimum absolute atomic E-state index is 0.0643. The number of hydrogen-bond acceptors (Lipinski definition) is 2. The van der Waals surface area contributed by atoms with Gasteiger partial charge in [-0.25, -0.2) is 4.99 Å². The van der Waals surface area contributed by atoms with Gasteiger partial charge in [0.1, 0.15) is 0 Å². The Labute approximate surface area is 103 Å². The highest BCUT2D eigenvalue weighted by Gasteiger charge is 2.64. The Morgan fingerprint density at radius 1 is 1.29 bits per heavy atom. The van der Waals surface area contributed by atoms with Crippen LogP contribution in [0.5, 0.6) is 0 Å². The van der Waals surface area contributed by atoms with E-state index in [9.17, 15) is 13.2 Å². The van der Waals surface area contributed by atoms with E-state index in [2.05, 4.69) is 24.2 Å². The van der Waals surface area contributed by atoms with E-state index in [0.29, 0.717) is 5.17 Å². The molecule has 1 aliphatic carbocycles. The van der Waals surface area contributed by atoms with Crippen molar-refractivity contribution in [3.05, 3.63) is 0 Å². The Morgan fingerprint density at radius 2 is 1.88 bits per heavy atom. The Hall–Kier alpha value is -0.390. The summed E-state index contributed by atoms with van der Waals surface area (Å²) in [5.41, 5.74) is -1.84. The fourth-order valence-electron chi connectivity index (χ4n) is 1.97. The smallest absolute Gasteiger partial charge is 0.359 e. The molecule has 1 aliphatic heterocycles. The van der Waals surface area contributed by atoms with Crippen molar-refractivity contribution in [1.29, 1.82) is 0 Å². The van der Waals surface area contributed by atoms with Gasteiger partial charge in [-0.2, -0.15) is 13.2 Å². The molecule has 0 aromatic carbocycles. The third-order valence-corrected chi connectivity index (χ3v) is 4.94. The molecular weight excluding hydrogens is 249 g/mol. The molecule has 2 rings (SSSR count). The van der Waals surface area contributed by atoms with Gasteiger partial charge in [0.05, 0.1) is 0 Å². The average Bonchev–Trinajstić information content (AvgIpc) is 2.93. The number of amidine groups is 1. The van der Waals surface area contributed by atoms with Crippen molar-refractivity contribution in [2.24, 2.45) is 4.99 Å². The second-order valence-electron chi connectivity index (χ2n) is 4.85. The van der Waals surface area contributed by atoms with Gasteiger partial charge in [0.2, 0.25) is 0 Å². The summed E-state index contributed by atoms with van der Waals surface area (Å²) < 4.78 is 38.3. The summed E-state index contributed by atoms with van der Waals surface area (Å²) in [5.74, 6) is 0.812. The van der Waals surface area contributed by atoms with Gasteiger partial charge in [-0.1, -0.05) is 25.6 Å². The maximum absolute atomic E-state index is 12.8. The van der Waals surface area contributed by atoms with Gasteiger partial charge in [0.25, 0.3) is 0 Å². The third-order valence-electron chi connectivity index (χ3n) is 3.78. The molecule has 0 spiro atoms. The summed E-state index contributed by atoms with van der Waals surface area (Å²) in [6.45, 7) is 4.10. The zero-order valence-corrected chi connectivity index (χ0v) is 10.8. The maximum atomic E-state index is 12.8. The highest BCUT2D eigenvalue weighted by molar-refractivity contribution is 8.14. The number of thioether (sulfide) groups is 1. The highest BCUT2D eigenvalue weighted by Crippen LogP contribution is 2.53. The molecule has 0 atom stereocenters. The Balaban J connectivity index is 2.11. The average molecular weight is 266 g/mol. The van der Waals surface area contributed by atoms with Crippen LogP contribution in [0.4, 0.5) is 13.2 Å². The lowest BCUT2D eigenvalue weighted by molar-refractivity contribution is -0.155. The fraction of sp³-hybridized carbons (Fsp3) is 0.909. The molecule has 1 N–H and O–H groups in total. The number of rotatable bonds is 3. The molecule has 0 aromatic rings. The summed E-state index contributed by atoms with van der Waals surface area (Å²) in [7, 11) is 0. The first-order valence-corrected chi connectivity index (χ1v) is 6.92. The Bertz CT molecular complexity index is 330. The summed E-state index contributed by atoms with van der Waals surface area (Å²) in [4.78, 5) is 3.92. The van der Waals surface area contributed by atoms with E-state index >= 15 is 0 Å². The number of nitrogens with zero attached hydrogens (tertiary/aromatic N) is 1. The van der Waals surface area contributed by atoms with Crippen molar-refractivity contribution in [3.63, 3.8) is 0 Å². The van der Waals surface area contributed by atoms with Gasteiger partial charge in [-0.3, -0.25) is 0 Å². The number of alkyl halides is 3. The molecule has 0 aromatic heterocycles. The molecular formula is C11H17F3N2S. The second-order valence-corrected chi connectivity index (χ2v) is 5.81. The Morgan fingerprint density at radius 3 is 2.24 bits per heavy atom. The van der Waals surface area contributed by atoms with Crippen molar-refractivity contribution in [2.45, 2.75) is 56.8 Å². The van der Waals surface area contributed by atoms with E-state index in [1.165, 1.54) is 11.8 Å². The number of nitrogens with one attached hydrogen (secondary N) is 1. The quantitative estimate of drug-likeness (QED) is 0.847. The van der Waals surface area contributed by atoms with Crippen molar-refractivity contribution in [3.8, 4) is 0 Å². The first kappa shape index (κ1) is 13.1. The summed E-state index contributed by atoms with van der Waals surface area (Å²) >= 11 is 1.42. The number of halogens is 3. The van der Waals surface area contributed by atoms with E-state index in [1.807, 2.05) is 0 Å². The first-order chi connectivity index (χ1) is 7.86. The van der Waals surface area contributed by atoms with Crippen LogP contribution in [0, 0.1) is 0 Å². The monoisotopic (exact) mass is 266 g/mol. The fourth-order valence-corrected chi connectivity index (χ4v) is 3.39. The van der Waals surface area contributed by atoms with Crippen LogP contribution in [0.3, 0.4) is 0 Å². The number of hydrogen-bond donors (Lipinski definition) is 1. The van der Waals surface area contributed by atoms with Crippen LogP contribution in [0.15, 0.2) is 4.99 Å². The van der Waals surface area contributed by atoms with Crippen LogP contribution >= 0.6 is 11.8 Å². The van der Waals surface area contributed by atoms with Gasteiger partial charge in [-0.05, 0) is 25.7 Å². The molecule has 17 heavy (non-hydrogen) atoms. The second kappa shape index (κ2) is 4.07. The predicted molar refractivity (Wildman–Crippen MR) is 64.4 cm³/mol. The predicted octanol–water partition coefficient (Wildman–Crippen LogP) is 3.33. The van der Waals surface area contributed by atoms with E-state index in [4.69, 9.17) is 0 Å². The number of aliphatic imine (C=N–C) groups is 1. The van der Waals surface area contributed by atoms with Crippen LogP contribution in [0.1, 0.15) is 39.5 Å². The lowest BCUT2D eigenvalue weighted by Crippen LogP contribution is -2.43. The molecule has 0 unspecified atom stereocenters. The SMILES string of the molecule is CCC1(CC)CSC(=NC2(C(F)(F)F)CC2)N1. The summed E-state index contributed by atoms with van der Waals surface area (Å²) in [6, 6.07) is 0. The highest BCUT2D eigenvalue weighted by atomic mass is 32.2. The van der Waals surface area contributed by atoms with Crippen LogP contribution in [-0.2, 0) is 0 Å². The first-order valence-electron chi connectivity index (χ1n) is 5.94. The van der Waals surface area contributed by atoms with Crippen molar-refractivity contribution < 1.29 is 13.2 Å². The minimum atomic E-state index is -4.20. The zero-order valence-electron chi connectivity index (χ0n) is 10.0. The van der Waals surface area contributed by atoms with Crippen molar-refractivity contribution >= 4 is 16.9 Å². The molecule has 2 nitrogen and oxygen atoms in total. The lowest BCUT2D eigenvalue weighted by Gasteiger charge is -2.25. The standard InChI is InChI=1S/C11H17F3N2S/c1-3-9(4-2)7-17-8(15-9)16-10(5-6-10)11(12,13)14/h3-7H2,1-2H3,(H,15,16). The largest absolute Gasteiger partial charge is 0.413 e. The van der Waals surface area contributed by atoms with E-state index < -0.39 is 11.7 Å². The van der Waals surface area contributed by atoms with Gasteiger partial charge >= 0.3 is 6.18 Å². The lowest BCUT2D eigenvalue weighted by atomic mass is 9.96. The van der Waals surface area contributed by atoms with Crippen molar-refractivity contribution in [2.75, 3.05) is 5.75 Å². The van der Waals surface area contributed by atoms with Crippen LogP contribution in [-0.4, -0.2) is 28.2 Å². The van der Waals surface area contributed by atoms with Crippen LogP contribution in [0.2, 0.25) is 0 Å². The molecule has 2 fully saturated rings. The minimum Gasteiger partial charge on any atom is -0.359 e. The van der Waals surface area contributed by atoms with E-state index in [-0.39, 0.29) is 18.4 Å². The normalized spacial score (nSPS) is 28.2. The van der Waals surface area contributed by atoms with Crippen molar-refractivity contribution in [1.82, 2.24) is 5.32 Å². The molecule has 6 heteroatoms. The topological polar surface area (TPSA) is 24.4 Å². The molecule has 0 radical (unpaired) electrons. The van der Waals surface area contributed by atoms with E-state index in [0.717, 1.165) is 18.6 Å². The Kier molecular flexibility index (Phi) is 3.13. The summed E-state index contributed by atoms with van der Waals surface area (Å²) in [6.07, 6.45) is -2.12. The molecule has 1 saturated heterocycles. The van der Waals surface area contributed by atoms with Gasteiger partial charge in [0.15, 0.2) is 10.7 Å². The molecule has 0 bridgehead atoms. The van der Waals surface area contributed by atoms with Crippen LogP contribution in [0.25, 0.3) is 0 Å². The zero-order chi connectivity index (χ0) is 12.7. The summed E-state index contributed by atoms with van der Waals surface area (Å²) in [5, 5.41) is 3.66.